The van der Waals surface area contributed by atoms with Crippen molar-refractivity contribution in [1.82, 2.24) is 0 Å². The molecule has 0 fully saturated rings. The predicted octanol–water partition coefficient (Wildman–Crippen LogP) is -0.123. The number of hydrogen-bond acceptors (Lipinski definition) is 2. The molecule has 29 valence electrons. The lowest BCUT2D eigenvalue weighted by Crippen LogP contribution is -1.75. The maximum absolute atomic E-state index is 9.22. The van der Waals surface area contributed by atoms with Gasteiger partial charge in [-0.2, -0.15) is 0 Å². The molecular formula is C2H4NO2. The largest absolute Gasteiger partial charge is 0.411 e. The van der Waals surface area contributed by atoms with E-state index in [1.54, 1.807) is 0 Å². The quantitative estimate of drug-likeness (QED) is 0.263. The van der Waals surface area contributed by atoms with Gasteiger partial charge in [-0.15, -0.1) is 0 Å². The highest BCUT2D eigenvalue weighted by Gasteiger charge is 1.59. The normalized spacial score (nSPS) is 9.80. The molecule has 0 rings (SSSR count). The summed E-state index contributed by atoms with van der Waals surface area (Å²) in [5.41, 5.74) is 0. The van der Waals surface area contributed by atoms with Gasteiger partial charge in [-0.25, -0.2) is 5.11 Å². The van der Waals surface area contributed by atoms with E-state index in [4.69, 9.17) is 5.21 Å². The van der Waals surface area contributed by atoms with Crippen molar-refractivity contribution in [2.24, 2.45) is 5.16 Å². The Morgan fingerprint density at radius 3 is 2.60 bits per heavy atom. The maximum atomic E-state index is 9.22. The van der Waals surface area contributed by atoms with Gasteiger partial charge in [-0.1, -0.05) is 5.16 Å². The average Bonchev–Trinajstić information content (AvgIpc) is 1.41. The van der Waals surface area contributed by atoms with Crippen molar-refractivity contribution in [3.63, 3.8) is 0 Å². The molecule has 0 saturated heterocycles. The minimum Gasteiger partial charge on any atom is -0.411 e. The molecule has 0 saturated carbocycles. The van der Waals surface area contributed by atoms with E-state index in [9.17, 15) is 5.11 Å². The Hall–Kier alpha value is -0.570. The highest BCUT2D eigenvalue weighted by Crippen LogP contribution is 1.45. The van der Waals surface area contributed by atoms with E-state index in [-0.39, 0.29) is 0 Å². The monoisotopic (exact) mass is 74.0 g/mol. The van der Waals surface area contributed by atoms with Crippen LogP contribution in [0.4, 0.5) is 0 Å². The molecule has 0 heterocycles. The zero-order valence-corrected chi connectivity index (χ0v) is 2.59. The first kappa shape index (κ1) is 4.43. The minimum absolute atomic E-state index is 0.448. The molecule has 0 bridgehead atoms. The second kappa shape index (κ2) is 3.43. The second-order valence-corrected chi connectivity index (χ2v) is 0.465. The van der Waals surface area contributed by atoms with Gasteiger partial charge < -0.3 is 5.21 Å². The number of rotatable bonds is 1. The van der Waals surface area contributed by atoms with E-state index in [0.717, 1.165) is 6.21 Å². The van der Waals surface area contributed by atoms with Gasteiger partial charge in [0.05, 0.1) is 6.21 Å². The lowest BCUT2D eigenvalue weighted by atomic mass is 10.8. The average molecular weight is 74.1 g/mol. The molecule has 0 aliphatic heterocycles. The van der Waals surface area contributed by atoms with Gasteiger partial charge in [0.2, 0.25) is 0 Å². The van der Waals surface area contributed by atoms with E-state index in [1.165, 1.54) is 0 Å². The Balaban J connectivity index is 2.62. The van der Waals surface area contributed by atoms with Crippen LogP contribution in [-0.2, 0) is 5.11 Å². The molecule has 3 nitrogen and oxygen atoms in total. The van der Waals surface area contributed by atoms with Crippen LogP contribution in [0.5, 0.6) is 0 Å². The highest BCUT2D eigenvalue weighted by molar-refractivity contribution is 5.56. The van der Waals surface area contributed by atoms with E-state index < -0.39 is 6.61 Å². The first-order valence-electron chi connectivity index (χ1n) is 1.16. The van der Waals surface area contributed by atoms with Crippen LogP contribution in [0.15, 0.2) is 5.16 Å². The van der Waals surface area contributed by atoms with E-state index in [0.29, 0.717) is 0 Å². The smallest absolute Gasteiger partial charge is 0.121 e. The van der Waals surface area contributed by atoms with Gasteiger partial charge >= 0.3 is 0 Å². The summed E-state index contributed by atoms with van der Waals surface area (Å²) in [7, 11) is 0. The van der Waals surface area contributed by atoms with Crippen LogP contribution >= 0.6 is 0 Å². The molecule has 1 N–H and O–H groups in total. The molecule has 5 heavy (non-hydrogen) atoms. The number of nitrogens with zero attached hydrogens (tertiary/aromatic N) is 1. The lowest BCUT2D eigenvalue weighted by Gasteiger charge is -1.62. The molecule has 0 atom stereocenters. The summed E-state index contributed by atoms with van der Waals surface area (Å²) in [5, 5.41) is 19.1. The van der Waals surface area contributed by atoms with Crippen LogP contribution in [-0.4, -0.2) is 18.0 Å². The molecule has 0 aromatic carbocycles. The molecule has 0 aromatic rings. The Morgan fingerprint density at radius 1 is 2.00 bits per heavy atom. The van der Waals surface area contributed by atoms with Gasteiger partial charge in [0.1, 0.15) is 6.61 Å². The van der Waals surface area contributed by atoms with Crippen molar-refractivity contribution < 1.29 is 10.3 Å². The van der Waals surface area contributed by atoms with E-state index >= 15 is 0 Å². The fourth-order valence-corrected chi connectivity index (χ4v) is 0.0333. The summed E-state index contributed by atoms with van der Waals surface area (Å²) in [6, 6.07) is 0. The Labute approximate surface area is 29.5 Å². The van der Waals surface area contributed by atoms with Gasteiger partial charge in [0, 0.05) is 0 Å². The summed E-state index contributed by atoms with van der Waals surface area (Å²) in [5.74, 6) is 0. The molecule has 0 unspecified atom stereocenters. The highest BCUT2D eigenvalue weighted by atomic mass is 16.4. The van der Waals surface area contributed by atoms with Crippen molar-refractivity contribution in [3.8, 4) is 0 Å². The third-order valence-electron chi connectivity index (χ3n) is 0.156. The lowest BCUT2D eigenvalue weighted by molar-refractivity contribution is 0.241. The van der Waals surface area contributed by atoms with Crippen LogP contribution in [0.25, 0.3) is 0 Å². The summed E-state index contributed by atoms with van der Waals surface area (Å²) in [6.45, 7) is -0.448. The van der Waals surface area contributed by atoms with Crippen molar-refractivity contribution >= 4 is 6.21 Å². The Kier molecular flexibility index (Phi) is 3.04. The van der Waals surface area contributed by atoms with Crippen LogP contribution < -0.4 is 0 Å². The Morgan fingerprint density at radius 2 is 2.60 bits per heavy atom. The molecule has 0 aliphatic carbocycles. The third-order valence-corrected chi connectivity index (χ3v) is 0.156. The summed E-state index contributed by atoms with van der Waals surface area (Å²) in [4.78, 5) is 0. The fraction of sp³-hybridized carbons (Fsp3) is 0.500. The first-order valence-corrected chi connectivity index (χ1v) is 1.16. The second-order valence-electron chi connectivity index (χ2n) is 0.465. The standard InChI is InChI=1S/C2H4NO2/c4-2-1-3-5/h1,5H,2H2. The molecule has 0 spiro atoms. The van der Waals surface area contributed by atoms with Crippen molar-refractivity contribution in [3.05, 3.63) is 0 Å². The van der Waals surface area contributed by atoms with Gasteiger partial charge in [0.15, 0.2) is 0 Å². The summed E-state index contributed by atoms with van der Waals surface area (Å²) < 4.78 is 0. The number of oxime groups is 1. The zero-order valence-electron chi connectivity index (χ0n) is 2.59. The maximum Gasteiger partial charge on any atom is 0.121 e. The zero-order chi connectivity index (χ0) is 4.12. The summed E-state index contributed by atoms with van der Waals surface area (Å²) in [6.07, 6.45) is 0.875. The van der Waals surface area contributed by atoms with E-state index in [1.807, 2.05) is 0 Å². The molecule has 0 aromatic heterocycles. The number of hydrogen-bond donors (Lipinski definition) is 1. The van der Waals surface area contributed by atoms with Crippen LogP contribution in [0.1, 0.15) is 0 Å². The van der Waals surface area contributed by atoms with Gasteiger partial charge in [-0.3, -0.25) is 0 Å². The molecular weight excluding hydrogens is 70.0 g/mol. The molecule has 0 aliphatic rings. The molecule has 1 radical (unpaired) electrons. The molecule has 0 amide bonds. The van der Waals surface area contributed by atoms with Gasteiger partial charge in [-0.05, 0) is 0 Å². The van der Waals surface area contributed by atoms with Crippen molar-refractivity contribution in [1.29, 1.82) is 0 Å². The first-order chi connectivity index (χ1) is 2.41. The Bertz CT molecular complexity index is 34.6. The van der Waals surface area contributed by atoms with Crippen LogP contribution in [0.3, 0.4) is 0 Å². The topological polar surface area (TPSA) is 52.5 Å². The summed E-state index contributed by atoms with van der Waals surface area (Å²) >= 11 is 0. The van der Waals surface area contributed by atoms with Crippen LogP contribution in [0, 0.1) is 0 Å². The fourth-order valence-electron chi connectivity index (χ4n) is 0.0333. The van der Waals surface area contributed by atoms with Gasteiger partial charge in [0.25, 0.3) is 0 Å². The van der Waals surface area contributed by atoms with Crippen molar-refractivity contribution in [2.75, 3.05) is 6.61 Å². The molecule has 3 heteroatoms. The predicted molar refractivity (Wildman–Crippen MR) is 15.8 cm³/mol. The third kappa shape index (κ3) is 3.43. The van der Waals surface area contributed by atoms with Crippen molar-refractivity contribution in [2.45, 2.75) is 0 Å². The van der Waals surface area contributed by atoms with Crippen LogP contribution in [0.2, 0.25) is 0 Å². The SMILES string of the molecule is [O]CC=NO. The van der Waals surface area contributed by atoms with E-state index in [2.05, 4.69) is 5.16 Å². The minimum atomic E-state index is -0.448.